The van der Waals surface area contributed by atoms with Crippen LogP contribution < -0.4 is 9.62 Å². The van der Waals surface area contributed by atoms with Gasteiger partial charge in [-0.3, -0.25) is 13.9 Å². The fourth-order valence-corrected chi connectivity index (χ4v) is 4.73. The lowest BCUT2D eigenvalue weighted by Gasteiger charge is -2.31. The Hall–Kier alpha value is -1.81. The summed E-state index contributed by atoms with van der Waals surface area (Å²) in [6, 6.07) is 10.9. The van der Waals surface area contributed by atoms with E-state index < -0.39 is 28.5 Å². The number of hydrogen-bond acceptors (Lipinski definition) is 4. The normalized spacial score (nSPS) is 12.2. The van der Waals surface area contributed by atoms with E-state index in [1.807, 2.05) is 31.2 Å². The summed E-state index contributed by atoms with van der Waals surface area (Å²) in [5.41, 5.74) is 0.880. The first-order valence-electron chi connectivity index (χ1n) is 10.7. The van der Waals surface area contributed by atoms with Crippen LogP contribution in [0, 0.1) is 0 Å². The molecular weight excluding hydrogens is 565 g/mol. The van der Waals surface area contributed by atoms with Crippen LogP contribution in [0.2, 0.25) is 10.0 Å². The van der Waals surface area contributed by atoms with Gasteiger partial charge in [-0.2, -0.15) is 0 Å². The summed E-state index contributed by atoms with van der Waals surface area (Å²) in [5.74, 6) is -0.867. The molecule has 1 N–H and O–H groups in total. The fraction of sp³-hybridized carbons (Fsp3) is 0.391. The molecule has 0 bridgehead atoms. The van der Waals surface area contributed by atoms with E-state index in [0.717, 1.165) is 33.4 Å². The van der Waals surface area contributed by atoms with Gasteiger partial charge < -0.3 is 10.2 Å². The number of halogens is 3. The predicted octanol–water partition coefficient (Wildman–Crippen LogP) is 4.86. The van der Waals surface area contributed by atoms with Crippen molar-refractivity contribution in [1.82, 2.24) is 10.2 Å². The van der Waals surface area contributed by atoms with E-state index in [1.165, 1.54) is 23.1 Å². The molecule has 1 atom stereocenters. The van der Waals surface area contributed by atoms with Crippen molar-refractivity contribution in [3.05, 3.63) is 62.5 Å². The Kier molecular flexibility index (Phi) is 10.7. The van der Waals surface area contributed by atoms with E-state index in [0.29, 0.717) is 6.54 Å². The summed E-state index contributed by atoms with van der Waals surface area (Å²) in [7, 11) is -3.89. The predicted molar refractivity (Wildman–Crippen MR) is 141 cm³/mol. The number of benzene rings is 2. The third-order valence-electron chi connectivity index (χ3n) is 5.12. The number of carbonyl (C=O) groups excluding carboxylic acids is 2. The van der Waals surface area contributed by atoms with Crippen LogP contribution in [0.15, 0.2) is 46.9 Å². The molecule has 0 saturated carbocycles. The number of anilines is 1. The Morgan fingerprint density at radius 2 is 1.76 bits per heavy atom. The van der Waals surface area contributed by atoms with E-state index in [9.17, 15) is 18.0 Å². The highest BCUT2D eigenvalue weighted by Gasteiger charge is 2.30. The molecule has 2 rings (SSSR count). The van der Waals surface area contributed by atoms with Gasteiger partial charge in [-0.15, -0.1) is 0 Å². The van der Waals surface area contributed by atoms with Crippen LogP contribution in [0.4, 0.5) is 5.69 Å². The first kappa shape index (κ1) is 28.4. The quantitative estimate of drug-likeness (QED) is 0.378. The van der Waals surface area contributed by atoms with Crippen molar-refractivity contribution < 1.29 is 18.0 Å². The van der Waals surface area contributed by atoms with Crippen molar-refractivity contribution in [2.75, 3.05) is 23.7 Å². The summed E-state index contributed by atoms with van der Waals surface area (Å²) in [6.45, 7) is 3.71. The van der Waals surface area contributed by atoms with Gasteiger partial charge in [0.25, 0.3) is 0 Å². The lowest BCUT2D eigenvalue weighted by Crippen LogP contribution is -2.51. The summed E-state index contributed by atoms with van der Waals surface area (Å²) >= 11 is 15.7. The molecule has 0 aliphatic rings. The number of unbranched alkanes of at least 4 members (excludes halogenated alkanes) is 1. The molecule has 0 aliphatic heterocycles. The van der Waals surface area contributed by atoms with E-state index in [4.69, 9.17) is 23.2 Å². The zero-order chi connectivity index (χ0) is 25.5. The molecule has 0 fully saturated rings. The molecule has 7 nitrogen and oxygen atoms in total. The van der Waals surface area contributed by atoms with E-state index >= 15 is 0 Å². The monoisotopic (exact) mass is 591 g/mol. The van der Waals surface area contributed by atoms with Gasteiger partial charge >= 0.3 is 0 Å². The number of nitrogens with zero attached hydrogens (tertiary/aromatic N) is 2. The third kappa shape index (κ3) is 8.15. The molecule has 0 saturated heterocycles. The maximum Gasteiger partial charge on any atom is 0.244 e. The number of carbonyl (C=O) groups is 2. The van der Waals surface area contributed by atoms with E-state index in [2.05, 4.69) is 21.2 Å². The fourth-order valence-electron chi connectivity index (χ4n) is 3.18. The molecule has 34 heavy (non-hydrogen) atoms. The molecule has 2 aromatic carbocycles. The molecule has 0 spiro atoms. The van der Waals surface area contributed by atoms with Gasteiger partial charge in [-0.25, -0.2) is 8.42 Å². The SMILES string of the molecule is CCCCNC(=O)C(C)N(Cc1ccc(Br)cc1)C(=O)CN(c1cc(Cl)ccc1Cl)S(C)(=O)=O. The summed E-state index contributed by atoms with van der Waals surface area (Å²) in [6.07, 6.45) is 2.71. The molecule has 0 radical (unpaired) electrons. The molecule has 0 aromatic heterocycles. The minimum atomic E-state index is -3.89. The largest absolute Gasteiger partial charge is 0.354 e. The van der Waals surface area contributed by atoms with Crippen molar-refractivity contribution in [2.24, 2.45) is 0 Å². The Morgan fingerprint density at radius 3 is 2.35 bits per heavy atom. The van der Waals surface area contributed by atoms with E-state index in [-0.39, 0.29) is 28.2 Å². The maximum absolute atomic E-state index is 13.5. The second-order valence-corrected chi connectivity index (χ2v) is 11.5. The van der Waals surface area contributed by atoms with Crippen LogP contribution in [-0.4, -0.2) is 50.5 Å². The van der Waals surface area contributed by atoms with Gasteiger partial charge in [-0.1, -0.05) is 64.6 Å². The Morgan fingerprint density at radius 1 is 1.12 bits per heavy atom. The highest BCUT2D eigenvalue weighted by atomic mass is 79.9. The Bertz CT molecular complexity index is 1110. The number of sulfonamides is 1. The first-order valence-corrected chi connectivity index (χ1v) is 14.1. The molecule has 2 amide bonds. The minimum absolute atomic E-state index is 0.0914. The second-order valence-electron chi connectivity index (χ2n) is 7.83. The van der Waals surface area contributed by atoms with Crippen LogP contribution in [0.5, 0.6) is 0 Å². The topological polar surface area (TPSA) is 86.8 Å². The summed E-state index contributed by atoms with van der Waals surface area (Å²) in [5, 5.41) is 3.24. The average molecular weight is 593 g/mol. The van der Waals surface area contributed by atoms with Gasteiger partial charge in [0.1, 0.15) is 12.6 Å². The zero-order valence-corrected chi connectivity index (χ0v) is 23.1. The Labute approximate surface area is 219 Å². The van der Waals surface area contributed by atoms with Gasteiger partial charge in [-0.05, 0) is 49.2 Å². The van der Waals surface area contributed by atoms with Gasteiger partial charge in [0.05, 0.1) is 17.0 Å². The highest BCUT2D eigenvalue weighted by molar-refractivity contribution is 9.10. The van der Waals surface area contributed by atoms with Crippen LogP contribution in [0.25, 0.3) is 0 Å². The minimum Gasteiger partial charge on any atom is -0.354 e. The van der Waals surface area contributed by atoms with Crippen molar-refractivity contribution in [3.8, 4) is 0 Å². The lowest BCUT2D eigenvalue weighted by molar-refractivity contribution is -0.139. The van der Waals surface area contributed by atoms with Gasteiger partial charge in [0.15, 0.2) is 0 Å². The summed E-state index contributed by atoms with van der Waals surface area (Å²) < 4.78 is 27.0. The zero-order valence-electron chi connectivity index (χ0n) is 19.2. The van der Waals surface area contributed by atoms with Crippen molar-refractivity contribution in [3.63, 3.8) is 0 Å². The highest BCUT2D eigenvalue weighted by Crippen LogP contribution is 2.31. The molecule has 0 aliphatic carbocycles. The Balaban J connectivity index is 2.38. The van der Waals surface area contributed by atoms with E-state index in [1.54, 1.807) is 6.92 Å². The van der Waals surface area contributed by atoms with Crippen LogP contribution in [-0.2, 0) is 26.2 Å². The maximum atomic E-state index is 13.5. The molecule has 1 unspecified atom stereocenters. The van der Waals surface area contributed by atoms with Crippen LogP contribution in [0.1, 0.15) is 32.3 Å². The summed E-state index contributed by atoms with van der Waals surface area (Å²) in [4.78, 5) is 27.6. The molecule has 11 heteroatoms. The molecule has 186 valence electrons. The van der Waals surface area contributed by atoms with Gasteiger partial charge in [0, 0.05) is 22.6 Å². The third-order valence-corrected chi connectivity index (χ3v) is 7.33. The first-order chi connectivity index (χ1) is 15.9. The smallest absolute Gasteiger partial charge is 0.244 e. The van der Waals surface area contributed by atoms with Gasteiger partial charge in [0.2, 0.25) is 21.8 Å². The molecule has 2 aromatic rings. The number of nitrogens with one attached hydrogen (secondary N) is 1. The number of hydrogen-bond donors (Lipinski definition) is 1. The second kappa shape index (κ2) is 12.8. The number of amides is 2. The number of rotatable bonds is 11. The lowest BCUT2D eigenvalue weighted by atomic mass is 10.1. The standard InChI is InChI=1S/C23H28BrCl2N3O4S/c1-4-5-12-27-23(31)16(2)28(14-17-6-8-18(24)9-7-17)22(30)15-29(34(3,32)33)21-13-19(25)10-11-20(21)26/h6-11,13,16H,4-5,12,14-15H2,1-3H3,(H,27,31). The van der Waals surface area contributed by atoms with Crippen LogP contribution >= 0.6 is 39.1 Å². The van der Waals surface area contributed by atoms with Crippen molar-refractivity contribution in [1.29, 1.82) is 0 Å². The average Bonchev–Trinajstić information content (AvgIpc) is 2.77. The van der Waals surface area contributed by atoms with Crippen molar-refractivity contribution >= 4 is 66.7 Å². The molecular formula is C23H28BrCl2N3O4S. The molecule has 0 heterocycles. The van der Waals surface area contributed by atoms with Crippen LogP contribution in [0.3, 0.4) is 0 Å². The van der Waals surface area contributed by atoms with Crippen molar-refractivity contribution in [2.45, 2.75) is 39.3 Å².